The minimum absolute atomic E-state index is 0.0441. The highest BCUT2D eigenvalue weighted by atomic mass is 32.2. The molecule has 0 unspecified atom stereocenters. The Labute approximate surface area is 141 Å². The summed E-state index contributed by atoms with van der Waals surface area (Å²) in [5.74, 6) is -0.168. The number of ether oxygens (including phenoxy) is 1. The Morgan fingerprint density at radius 3 is 2.46 bits per heavy atom. The van der Waals surface area contributed by atoms with E-state index >= 15 is 0 Å². The van der Waals surface area contributed by atoms with Crippen molar-refractivity contribution in [1.29, 1.82) is 0 Å². The monoisotopic (exact) mass is 346 g/mol. The number of amides is 1. The Kier molecular flexibility index (Phi) is 5.73. The first-order chi connectivity index (χ1) is 11.5. The maximum absolute atomic E-state index is 12.0. The Morgan fingerprint density at radius 2 is 1.83 bits per heavy atom. The molecule has 0 aliphatic heterocycles. The van der Waals surface area contributed by atoms with Crippen LogP contribution in [0, 0.1) is 0 Å². The van der Waals surface area contributed by atoms with Crippen molar-refractivity contribution >= 4 is 27.7 Å². The lowest BCUT2D eigenvalue weighted by atomic mass is 10.2. The van der Waals surface area contributed by atoms with Crippen molar-refractivity contribution in [2.75, 3.05) is 19.5 Å². The Morgan fingerprint density at radius 1 is 1.12 bits per heavy atom. The van der Waals surface area contributed by atoms with E-state index in [1.807, 2.05) is 30.3 Å². The van der Waals surface area contributed by atoms with Crippen LogP contribution in [0.3, 0.4) is 0 Å². The van der Waals surface area contributed by atoms with E-state index in [0.29, 0.717) is 5.69 Å². The van der Waals surface area contributed by atoms with Crippen molar-refractivity contribution in [2.45, 2.75) is 4.90 Å². The third kappa shape index (κ3) is 4.43. The van der Waals surface area contributed by atoms with E-state index < -0.39 is 10.0 Å². The molecule has 7 heteroatoms. The molecule has 0 aliphatic carbocycles. The molecular formula is C17H18N2O4S. The molecule has 2 rings (SSSR count). The molecule has 0 fully saturated rings. The van der Waals surface area contributed by atoms with Crippen molar-refractivity contribution in [3.63, 3.8) is 0 Å². The average Bonchev–Trinajstić information content (AvgIpc) is 2.61. The number of hydrogen-bond donors (Lipinski definition) is 2. The van der Waals surface area contributed by atoms with Crippen molar-refractivity contribution in [3.8, 4) is 5.75 Å². The second-order valence-electron chi connectivity index (χ2n) is 4.81. The van der Waals surface area contributed by atoms with Gasteiger partial charge in [-0.05, 0) is 36.9 Å². The highest BCUT2D eigenvalue weighted by Gasteiger charge is 2.18. The number of rotatable bonds is 6. The molecule has 126 valence electrons. The molecule has 2 aromatic carbocycles. The van der Waals surface area contributed by atoms with E-state index in [-0.39, 0.29) is 16.6 Å². The zero-order chi connectivity index (χ0) is 17.6. The predicted octanol–water partition coefficient (Wildman–Crippen LogP) is 2.26. The Bertz CT molecular complexity index is 846. The standard InChI is InChI=1S/C17H18N2O4S/c1-18-24(21,22)16-12-14(9-10-15(16)23-2)19-17(20)11-8-13-6-4-3-5-7-13/h3-12,18H,1-2H3,(H,19,20)/b11-8+. The summed E-state index contributed by atoms with van der Waals surface area (Å²) in [6.45, 7) is 0. The van der Waals surface area contributed by atoms with E-state index in [1.54, 1.807) is 12.1 Å². The first-order valence-electron chi connectivity index (χ1n) is 7.12. The molecule has 2 N–H and O–H groups in total. The van der Waals surface area contributed by atoms with Crippen LogP contribution < -0.4 is 14.8 Å². The molecule has 0 saturated carbocycles. The number of anilines is 1. The van der Waals surface area contributed by atoms with Gasteiger partial charge in [-0.15, -0.1) is 0 Å². The molecule has 6 nitrogen and oxygen atoms in total. The maximum Gasteiger partial charge on any atom is 0.248 e. The number of carbonyl (C=O) groups excluding carboxylic acids is 1. The number of carbonyl (C=O) groups is 1. The molecule has 2 aromatic rings. The van der Waals surface area contributed by atoms with Gasteiger partial charge in [0.2, 0.25) is 15.9 Å². The van der Waals surface area contributed by atoms with Crippen LogP contribution in [0.5, 0.6) is 5.75 Å². The summed E-state index contributed by atoms with van der Waals surface area (Å²) < 4.78 is 31.3. The molecule has 0 atom stereocenters. The summed E-state index contributed by atoms with van der Waals surface area (Å²) in [4.78, 5) is 11.9. The zero-order valence-electron chi connectivity index (χ0n) is 13.3. The van der Waals surface area contributed by atoms with Crippen LogP contribution in [0.25, 0.3) is 6.08 Å². The van der Waals surface area contributed by atoms with Gasteiger partial charge < -0.3 is 10.1 Å². The van der Waals surface area contributed by atoms with Crippen LogP contribution in [-0.4, -0.2) is 28.5 Å². The fourth-order valence-corrected chi connectivity index (χ4v) is 2.91. The normalized spacial score (nSPS) is 11.4. The van der Waals surface area contributed by atoms with Gasteiger partial charge in [-0.1, -0.05) is 30.3 Å². The third-order valence-corrected chi connectivity index (χ3v) is 4.65. The van der Waals surface area contributed by atoms with E-state index in [4.69, 9.17) is 4.74 Å². The van der Waals surface area contributed by atoms with Crippen LogP contribution >= 0.6 is 0 Å². The van der Waals surface area contributed by atoms with Crippen molar-refractivity contribution in [3.05, 3.63) is 60.2 Å². The summed E-state index contributed by atoms with van der Waals surface area (Å²) in [5, 5.41) is 2.63. The fraction of sp³-hybridized carbons (Fsp3) is 0.118. The second-order valence-corrected chi connectivity index (χ2v) is 6.66. The molecule has 0 aliphatic rings. The maximum atomic E-state index is 12.0. The van der Waals surface area contributed by atoms with Crippen LogP contribution in [-0.2, 0) is 14.8 Å². The summed E-state index contributed by atoms with van der Waals surface area (Å²) in [6, 6.07) is 13.8. The van der Waals surface area contributed by atoms with E-state index in [1.165, 1.54) is 32.4 Å². The predicted molar refractivity (Wildman–Crippen MR) is 93.3 cm³/mol. The molecule has 0 spiro atoms. The highest BCUT2D eigenvalue weighted by Crippen LogP contribution is 2.26. The lowest BCUT2D eigenvalue weighted by Gasteiger charge is -2.11. The Balaban J connectivity index is 2.19. The molecule has 0 saturated heterocycles. The van der Waals surface area contributed by atoms with E-state index in [2.05, 4.69) is 10.0 Å². The number of methoxy groups -OCH3 is 1. The van der Waals surface area contributed by atoms with Crippen molar-refractivity contribution in [1.82, 2.24) is 4.72 Å². The van der Waals surface area contributed by atoms with Crippen molar-refractivity contribution in [2.24, 2.45) is 0 Å². The summed E-state index contributed by atoms with van der Waals surface area (Å²) in [7, 11) is -1.01. The van der Waals surface area contributed by atoms with Gasteiger partial charge in [-0.3, -0.25) is 4.79 Å². The van der Waals surface area contributed by atoms with Gasteiger partial charge in [0.15, 0.2) is 0 Å². The van der Waals surface area contributed by atoms with Crippen LogP contribution in [0.15, 0.2) is 59.5 Å². The quantitative estimate of drug-likeness (QED) is 0.786. The molecular weight excluding hydrogens is 328 g/mol. The van der Waals surface area contributed by atoms with Gasteiger partial charge in [-0.2, -0.15) is 0 Å². The fourth-order valence-electron chi connectivity index (χ4n) is 1.99. The van der Waals surface area contributed by atoms with Gasteiger partial charge >= 0.3 is 0 Å². The van der Waals surface area contributed by atoms with Gasteiger partial charge in [0.1, 0.15) is 10.6 Å². The zero-order valence-corrected chi connectivity index (χ0v) is 14.1. The summed E-state index contributed by atoms with van der Waals surface area (Å²) >= 11 is 0. The van der Waals surface area contributed by atoms with Crippen molar-refractivity contribution < 1.29 is 17.9 Å². The van der Waals surface area contributed by atoms with E-state index in [9.17, 15) is 13.2 Å². The lowest BCUT2D eigenvalue weighted by molar-refractivity contribution is -0.111. The van der Waals surface area contributed by atoms with E-state index in [0.717, 1.165) is 5.56 Å². The van der Waals surface area contributed by atoms with Crippen LogP contribution in [0.1, 0.15) is 5.56 Å². The molecule has 0 bridgehead atoms. The van der Waals surface area contributed by atoms with Crippen LogP contribution in [0.4, 0.5) is 5.69 Å². The topological polar surface area (TPSA) is 84.5 Å². The largest absolute Gasteiger partial charge is 0.495 e. The molecule has 24 heavy (non-hydrogen) atoms. The van der Waals surface area contributed by atoms with Gasteiger partial charge in [0, 0.05) is 11.8 Å². The third-order valence-electron chi connectivity index (χ3n) is 3.22. The first-order valence-corrected chi connectivity index (χ1v) is 8.60. The highest BCUT2D eigenvalue weighted by molar-refractivity contribution is 7.89. The van der Waals surface area contributed by atoms with Gasteiger partial charge in [-0.25, -0.2) is 13.1 Å². The van der Waals surface area contributed by atoms with Crippen LogP contribution in [0.2, 0.25) is 0 Å². The van der Waals surface area contributed by atoms with Gasteiger partial charge in [0.25, 0.3) is 0 Å². The molecule has 1 amide bonds. The summed E-state index contributed by atoms with van der Waals surface area (Å²) in [5.41, 5.74) is 1.24. The Hall–Kier alpha value is -2.64. The summed E-state index contributed by atoms with van der Waals surface area (Å²) in [6.07, 6.45) is 3.05. The second kappa shape index (κ2) is 7.76. The number of benzene rings is 2. The average molecular weight is 346 g/mol. The SMILES string of the molecule is CNS(=O)(=O)c1cc(NC(=O)/C=C/c2ccccc2)ccc1OC. The minimum Gasteiger partial charge on any atom is -0.495 e. The minimum atomic E-state index is -3.70. The van der Waals surface area contributed by atoms with Gasteiger partial charge in [0.05, 0.1) is 7.11 Å². The molecule has 0 radical (unpaired) electrons. The first kappa shape index (κ1) is 17.7. The number of nitrogens with one attached hydrogen (secondary N) is 2. The molecule has 0 heterocycles. The molecule has 0 aromatic heterocycles. The number of hydrogen-bond acceptors (Lipinski definition) is 4. The smallest absolute Gasteiger partial charge is 0.248 e. The lowest BCUT2D eigenvalue weighted by Crippen LogP contribution is -2.19. The number of sulfonamides is 1.